The van der Waals surface area contributed by atoms with Crippen LogP contribution in [0.15, 0.2) is 18.2 Å². The fourth-order valence-electron chi connectivity index (χ4n) is 2.05. The van der Waals surface area contributed by atoms with Crippen LogP contribution in [0.2, 0.25) is 10.0 Å². The Morgan fingerprint density at radius 1 is 1.10 bits per heavy atom. The topological polar surface area (TPSA) is 12.0 Å². The van der Waals surface area contributed by atoms with Gasteiger partial charge in [-0.3, -0.25) is 0 Å². The average Bonchev–Trinajstić information content (AvgIpc) is 2.30. The molecule has 0 saturated carbocycles. The lowest BCUT2D eigenvalue weighted by atomic mass is 9.74. The summed E-state index contributed by atoms with van der Waals surface area (Å²) in [7, 11) is 0. The molecule has 0 saturated heterocycles. The molecule has 1 aromatic carbocycles. The van der Waals surface area contributed by atoms with Gasteiger partial charge in [-0.15, -0.1) is 0 Å². The predicted octanol–water partition coefficient (Wildman–Crippen LogP) is 5.59. The van der Waals surface area contributed by atoms with E-state index in [1.165, 1.54) is 0 Å². The Morgan fingerprint density at radius 2 is 1.70 bits per heavy atom. The molecule has 1 nitrogen and oxygen atoms in total. The van der Waals surface area contributed by atoms with Crippen LogP contribution >= 0.6 is 23.2 Å². The van der Waals surface area contributed by atoms with Gasteiger partial charge in [-0.1, -0.05) is 44.0 Å². The summed E-state index contributed by atoms with van der Waals surface area (Å²) in [6.45, 7) is 14.4. The minimum absolute atomic E-state index is 0.119. The molecule has 0 amide bonds. The second kappa shape index (κ2) is 6.68. The highest BCUT2D eigenvalue weighted by Crippen LogP contribution is 2.34. The third-order valence-electron chi connectivity index (χ3n) is 4.02. The molecule has 1 unspecified atom stereocenters. The van der Waals surface area contributed by atoms with Crippen molar-refractivity contribution in [3.63, 3.8) is 0 Å². The zero-order valence-corrected chi connectivity index (χ0v) is 15.0. The van der Waals surface area contributed by atoms with E-state index in [9.17, 15) is 0 Å². The first kappa shape index (κ1) is 17.8. The minimum atomic E-state index is 0.119. The predicted molar refractivity (Wildman–Crippen MR) is 90.9 cm³/mol. The first-order valence-corrected chi connectivity index (χ1v) is 7.98. The lowest BCUT2D eigenvalue weighted by molar-refractivity contribution is 0.188. The highest BCUT2D eigenvalue weighted by Gasteiger charge is 2.30. The normalized spacial score (nSPS) is 15.4. The van der Waals surface area contributed by atoms with E-state index in [4.69, 9.17) is 23.2 Å². The molecular formula is C17H27Cl2N. The maximum absolute atomic E-state index is 6.32. The summed E-state index contributed by atoms with van der Waals surface area (Å²) in [6.07, 6.45) is 0.924. The van der Waals surface area contributed by atoms with E-state index in [1.807, 2.05) is 18.2 Å². The number of nitrogens with one attached hydrogen (secondary N) is 1. The average molecular weight is 316 g/mol. The molecule has 1 atom stereocenters. The first-order valence-electron chi connectivity index (χ1n) is 7.22. The second-order valence-electron chi connectivity index (χ2n) is 7.32. The summed E-state index contributed by atoms with van der Waals surface area (Å²) in [5.74, 6) is 0.549. The van der Waals surface area contributed by atoms with Crippen molar-refractivity contribution in [1.82, 2.24) is 5.32 Å². The first-order chi connectivity index (χ1) is 9.03. The molecule has 1 aromatic rings. The van der Waals surface area contributed by atoms with Crippen LogP contribution in [0.3, 0.4) is 0 Å². The quantitative estimate of drug-likeness (QED) is 0.747. The van der Waals surface area contributed by atoms with Crippen LogP contribution in [0.5, 0.6) is 0 Å². The van der Waals surface area contributed by atoms with Crippen molar-refractivity contribution >= 4 is 23.2 Å². The molecule has 0 aliphatic carbocycles. The SMILES string of the molecule is CC(C)C(C)(CNC(C)(C)C)Cc1cc(Cl)ccc1Cl. The van der Waals surface area contributed by atoms with Crippen molar-refractivity contribution in [2.45, 2.75) is 53.5 Å². The Balaban J connectivity index is 2.93. The summed E-state index contributed by atoms with van der Waals surface area (Å²) >= 11 is 12.4. The van der Waals surface area contributed by atoms with Gasteiger partial charge < -0.3 is 5.32 Å². The molecule has 0 heterocycles. The molecule has 0 radical (unpaired) electrons. The minimum Gasteiger partial charge on any atom is -0.312 e. The maximum Gasteiger partial charge on any atom is 0.0439 e. The zero-order valence-electron chi connectivity index (χ0n) is 13.5. The maximum atomic E-state index is 6.32. The van der Waals surface area contributed by atoms with E-state index in [-0.39, 0.29) is 11.0 Å². The Morgan fingerprint density at radius 3 is 2.20 bits per heavy atom. The summed E-state index contributed by atoms with van der Waals surface area (Å²) in [5.41, 5.74) is 1.39. The monoisotopic (exact) mass is 315 g/mol. The highest BCUT2D eigenvalue weighted by atomic mass is 35.5. The van der Waals surface area contributed by atoms with Crippen LogP contribution in [0.4, 0.5) is 0 Å². The molecule has 0 bridgehead atoms. The number of halogens is 2. The van der Waals surface area contributed by atoms with E-state index >= 15 is 0 Å². The summed E-state index contributed by atoms with van der Waals surface area (Å²) in [5, 5.41) is 5.17. The van der Waals surface area contributed by atoms with Gasteiger partial charge in [0.25, 0.3) is 0 Å². The number of hydrogen-bond donors (Lipinski definition) is 1. The molecule has 3 heteroatoms. The Bertz CT molecular complexity index is 449. The van der Waals surface area contributed by atoms with Crippen molar-refractivity contribution in [2.24, 2.45) is 11.3 Å². The van der Waals surface area contributed by atoms with Gasteiger partial charge in [0, 0.05) is 22.1 Å². The third kappa shape index (κ3) is 5.27. The summed E-state index contributed by atoms with van der Waals surface area (Å²) in [4.78, 5) is 0. The summed E-state index contributed by atoms with van der Waals surface area (Å²) in [6, 6.07) is 5.71. The molecule has 0 aromatic heterocycles. The Kier molecular flexibility index (Phi) is 5.95. The Labute approximate surface area is 134 Å². The number of hydrogen-bond acceptors (Lipinski definition) is 1. The second-order valence-corrected chi connectivity index (χ2v) is 8.17. The number of rotatable bonds is 5. The van der Waals surface area contributed by atoms with Crippen LogP contribution in [0.1, 0.15) is 47.1 Å². The van der Waals surface area contributed by atoms with Crippen LogP contribution in [-0.2, 0) is 6.42 Å². The largest absolute Gasteiger partial charge is 0.312 e. The van der Waals surface area contributed by atoms with E-state index in [2.05, 4.69) is 46.9 Å². The van der Waals surface area contributed by atoms with Crippen LogP contribution in [0.25, 0.3) is 0 Å². The molecule has 0 spiro atoms. The van der Waals surface area contributed by atoms with Gasteiger partial charge in [0.15, 0.2) is 0 Å². The van der Waals surface area contributed by atoms with Gasteiger partial charge in [-0.2, -0.15) is 0 Å². The molecule has 114 valence electrons. The van der Waals surface area contributed by atoms with Crippen LogP contribution in [-0.4, -0.2) is 12.1 Å². The highest BCUT2D eigenvalue weighted by molar-refractivity contribution is 6.33. The van der Waals surface area contributed by atoms with E-state index < -0.39 is 0 Å². The fraction of sp³-hybridized carbons (Fsp3) is 0.647. The van der Waals surface area contributed by atoms with Gasteiger partial charge in [-0.05, 0) is 62.3 Å². The van der Waals surface area contributed by atoms with E-state index in [1.54, 1.807) is 0 Å². The molecular weight excluding hydrogens is 289 g/mol. The lowest BCUT2D eigenvalue weighted by Gasteiger charge is -2.37. The van der Waals surface area contributed by atoms with Crippen molar-refractivity contribution in [3.05, 3.63) is 33.8 Å². The third-order valence-corrected chi connectivity index (χ3v) is 4.62. The van der Waals surface area contributed by atoms with E-state index in [0.717, 1.165) is 28.6 Å². The fourth-order valence-corrected chi connectivity index (χ4v) is 2.43. The van der Waals surface area contributed by atoms with Crippen molar-refractivity contribution in [3.8, 4) is 0 Å². The molecule has 0 aliphatic heterocycles. The van der Waals surface area contributed by atoms with Crippen LogP contribution < -0.4 is 5.32 Å². The van der Waals surface area contributed by atoms with Crippen molar-refractivity contribution < 1.29 is 0 Å². The van der Waals surface area contributed by atoms with Gasteiger partial charge in [0.1, 0.15) is 0 Å². The molecule has 20 heavy (non-hydrogen) atoms. The zero-order chi connectivity index (χ0) is 15.6. The summed E-state index contributed by atoms with van der Waals surface area (Å²) < 4.78 is 0. The van der Waals surface area contributed by atoms with Gasteiger partial charge in [0.2, 0.25) is 0 Å². The Hall–Kier alpha value is -0.240. The van der Waals surface area contributed by atoms with Gasteiger partial charge in [-0.25, -0.2) is 0 Å². The van der Waals surface area contributed by atoms with Gasteiger partial charge in [0.05, 0.1) is 0 Å². The molecule has 1 rings (SSSR count). The lowest BCUT2D eigenvalue weighted by Crippen LogP contribution is -2.45. The standard InChI is InChI=1S/C17H27Cl2N/c1-12(2)17(6,11-20-16(3,4)5)10-13-9-14(18)7-8-15(13)19/h7-9,12,20H,10-11H2,1-6H3. The molecule has 0 fully saturated rings. The van der Waals surface area contributed by atoms with E-state index in [0.29, 0.717) is 5.92 Å². The number of benzene rings is 1. The van der Waals surface area contributed by atoms with Gasteiger partial charge >= 0.3 is 0 Å². The van der Waals surface area contributed by atoms with Crippen molar-refractivity contribution in [2.75, 3.05) is 6.54 Å². The molecule has 1 N–H and O–H groups in total. The molecule has 0 aliphatic rings. The smallest absolute Gasteiger partial charge is 0.0439 e. The van der Waals surface area contributed by atoms with Crippen molar-refractivity contribution in [1.29, 1.82) is 0 Å². The van der Waals surface area contributed by atoms with Crippen LogP contribution in [0, 0.1) is 11.3 Å².